The molecule has 0 unspecified atom stereocenters. The first-order valence-electron chi connectivity index (χ1n) is 7.03. The number of hydrogen-bond donors (Lipinski definition) is 0. The second-order valence-corrected chi connectivity index (χ2v) is 7.33. The number of carbonyl (C=O) groups excluding carboxylic acids is 1. The number of sulfone groups is 1. The van der Waals surface area contributed by atoms with Crippen molar-refractivity contribution in [3.8, 4) is 0 Å². The van der Waals surface area contributed by atoms with Crippen molar-refractivity contribution >= 4 is 15.7 Å². The summed E-state index contributed by atoms with van der Waals surface area (Å²) in [6.45, 7) is 4.74. The van der Waals surface area contributed by atoms with Gasteiger partial charge in [0, 0.05) is 13.6 Å². The lowest BCUT2D eigenvalue weighted by Gasteiger charge is -2.20. The molecular weight excluding hydrogens is 312 g/mol. The van der Waals surface area contributed by atoms with Gasteiger partial charge in [-0.1, -0.05) is 32.4 Å². The Morgan fingerprint density at radius 3 is 2.23 bits per heavy atom. The standard InChI is InChI=1S/C15H21F2NO3S/c1-4-11(2)10-18(3)14(19)9-12-5-7-13(8-6-12)22(20,21)15(16)17/h5-8,11,15H,4,9-10H2,1-3H3/t11-/m1/s1. The molecule has 0 heterocycles. The minimum Gasteiger partial charge on any atom is -0.345 e. The number of benzene rings is 1. The Morgan fingerprint density at radius 2 is 1.77 bits per heavy atom. The largest absolute Gasteiger partial charge is 0.345 e. The molecule has 0 bridgehead atoms. The molecule has 1 aromatic rings. The van der Waals surface area contributed by atoms with Crippen LogP contribution in [0.5, 0.6) is 0 Å². The Morgan fingerprint density at radius 1 is 1.23 bits per heavy atom. The lowest BCUT2D eigenvalue weighted by atomic mass is 10.1. The SMILES string of the molecule is CC[C@@H](C)CN(C)C(=O)Cc1ccc(S(=O)(=O)C(F)F)cc1. The van der Waals surface area contributed by atoms with Crippen LogP contribution in [0.25, 0.3) is 0 Å². The van der Waals surface area contributed by atoms with Crippen molar-refractivity contribution in [1.82, 2.24) is 4.90 Å². The summed E-state index contributed by atoms with van der Waals surface area (Å²) in [6.07, 6.45) is 1.08. The minimum absolute atomic E-state index is 0.0928. The molecule has 1 atom stereocenters. The molecule has 0 N–H and O–H groups in total. The molecule has 7 heteroatoms. The topological polar surface area (TPSA) is 54.5 Å². The van der Waals surface area contributed by atoms with E-state index in [2.05, 4.69) is 0 Å². The molecule has 0 aliphatic carbocycles. The normalized spacial score (nSPS) is 13.2. The van der Waals surface area contributed by atoms with E-state index in [0.29, 0.717) is 18.0 Å². The van der Waals surface area contributed by atoms with Gasteiger partial charge in [0.2, 0.25) is 15.7 Å². The summed E-state index contributed by atoms with van der Waals surface area (Å²) < 4.78 is 47.4. The predicted octanol–water partition coefficient (Wildman–Crippen LogP) is 2.73. The van der Waals surface area contributed by atoms with Gasteiger partial charge in [-0.15, -0.1) is 0 Å². The van der Waals surface area contributed by atoms with Crippen LogP contribution in [-0.2, 0) is 21.1 Å². The number of halogens is 2. The summed E-state index contributed by atoms with van der Waals surface area (Å²) in [5, 5.41) is 0. The Hall–Kier alpha value is -1.50. The van der Waals surface area contributed by atoms with E-state index in [1.165, 1.54) is 12.1 Å². The van der Waals surface area contributed by atoms with Crippen LogP contribution < -0.4 is 0 Å². The average molecular weight is 333 g/mol. The Balaban J connectivity index is 2.74. The third-order valence-electron chi connectivity index (χ3n) is 3.55. The highest BCUT2D eigenvalue weighted by atomic mass is 32.2. The molecule has 1 amide bonds. The maximum atomic E-state index is 12.4. The van der Waals surface area contributed by atoms with Crippen molar-refractivity contribution in [3.05, 3.63) is 29.8 Å². The zero-order valence-corrected chi connectivity index (χ0v) is 13.7. The van der Waals surface area contributed by atoms with Crippen molar-refractivity contribution in [2.24, 2.45) is 5.92 Å². The average Bonchev–Trinajstić information content (AvgIpc) is 2.47. The number of nitrogens with zero attached hydrogens (tertiary/aromatic N) is 1. The van der Waals surface area contributed by atoms with E-state index in [0.717, 1.165) is 18.6 Å². The monoisotopic (exact) mass is 333 g/mol. The number of alkyl halides is 2. The Kier molecular flexibility index (Phi) is 6.47. The van der Waals surface area contributed by atoms with E-state index in [4.69, 9.17) is 0 Å². The second-order valence-electron chi connectivity index (χ2n) is 5.41. The summed E-state index contributed by atoms with van der Waals surface area (Å²) in [6, 6.07) is 5.01. The first-order valence-corrected chi connectivity index (χ1v) is 8.58. The number of amides is 1. The van der Waals surface area contributed by atoms with Crippen LogP contribution in [0.3, 0.4) is 0 Å². The van der Waals surface area contributed by atoms with Gasteiger partial charge in [-0.05, 0) is 23.6 Å². The summed E-state index contributed by atoms with van der Waals surface area (Å²) in [4.78, 5) is 13.2. The Bertz CT molecular complexity index is 600. The fourth-order valence-electron chi connectivity index (χ4n) is 1.91. The predicted molar refractivity (Wildman–Crippen MR) is 80.4 cm³/mol. The van der Waals surface area contributed by atoms with E-state index < -0.39 is 20.5 Å². The van der Waals surface area contributed by atoms with Crippen LogP contribution in [-0.4, -0.2) is 38.6 Å². The van der Waals surface area contributed by atoms with Gasteiger partial charge >= 0.3 is 5.76 Å². The van der Waals surface area contributed by atoms with Gasteiger partial charge in [0.05, 0.1) is 11.3 Å². The third kappa shape index (κ3) is 4.76. The number of likely N-dealkylation sites (N-methyl/N-ethyl adjacent to an activating group) is 1. The fraction of sp³-hybridized carbons (Fsp3) is 0.533. The number of carbonyl (C=O) groups is 1. The van der Waals surface area contributed by atoms with Crippen LogP contribution >= 0.6 is 0 Å². The molecule has 1 aromatic carbocycles. The molecule has 22 heavy (non-hydrogen) atoms. The lowest BCUT2D eigenvalue weighted by molar-refractivity contribution is -0.129. The van der Waals surface area contributed by atoms with Gasteiger partial charge in [-0.3, -0.25) is 4.79 Å². The molecule has 124 valence electrons. The molecule has 1 rings (SSSR count). The third-order valence-corrected chi connectivity index (χ3v) is 4.95. The second kappa shape index (κ2) is 7.67. The smallest absolute Gasteiger partial charge is 0.341 e. The van der Waals surface area contributed by atoms with E-state index in [1.807, 2.05) is 13.8 Å². The molecule has 0 spiro atoms. The zero-order chi connectivity index (χ0) is 16.9. The van der Waals surface area contributed by atoms with E-state index in [9.17, 15) is 22.0 Å². The highest BCUT2D eigenvalue weighted by Crippen LogP contribution is 2.19. The van der Waals surface area contributed by atoms with Gasteiger partial charge in [0.15, 0.2) is 0 Å². The molecule has 0 aromatic heterocycles. The van der Waals surface area contributed by atoms with Crippen molar-refractivity contribution in [2.45, 2.75) is 37.3 Å². The summed E-state index contributed by atoms with van der Waals surface area (Å²) >= 11 is 0. The van der Waals surface area contributed by atoms with E-state index in [-0.39, 0.29) is 12.3 Å². The van der Waals surface area contributed by atoms with Gasteiger partial charge in [-0.2, -0.15) is 8.78 Å². The molecular formula is C15H21F2NO3S. The van der Waals surface area contributed by atoms with E-state index >= 15 is 0 Å². The summed E-state index contributed by atoms with van der Waals surface area (Å²) in [5.74, 6) is -3.14. The highest BCUT2D eigenvalue weighted by molar-refractivity contribution is 7.91. The van der Waals surface area contributed by atoms with Gasteiger partial charge in [-0.25, -0.2) is 8.42 Å². The van der Waals surface area contributed by atoms with Crippen molar-refractivity contribution < 1.29 is 22.0 Å². The van der Waals surface area contributed by atoms with Crippen LogP contribution in [0, 0.1) is 5.92 Å². The summed E-state index contributed by atoms with van der Waals surface area (Å²) in [5.41, 5.74) is 0.592. The molecule has 0 aliphatic rings. The highest BCUT2D eigenvalue weighted by Gasteiger charge is 2.26. The summed E-state index contributed by atoms with van der Waals surface area (Å²) in [7, 11) is -2.87. The van der Waals surface area contributed by atoms with Gasteiger partial charge in [0.1, 0.15) is 0 Å². The molecule has 0 fully saturated rings. The first kappa shape index (κ1) is 18.5. The molecule has 0 saturated heterocycles. The quantitative estimate of drug-likeness (QED) is 0.771. The Labute approximate surface area is 130 Å². The number of rotatable bonds is 7. The van der Waals surface area contributed by atoms with Crippen LogP contribution in [0.4, 0.5) is 8.78 Å². The van der Waals surface area contributed by atoms with Crippen molar-refractivity contribution in [1.29, 1.82) is 0 Å². The van der Waals surface area contributed by atoms with Crippen molar-refractivity contribution in [3.63, 3.8) is 0 Å². The lowest BCUT2D eigenvalue weighted by Crippen LogP contribution is -2.32. The minimum atomic E-state index is -4.59. The molecule has 0 saturated carbocycles. The van der Waals surface area contributed by atoms with Crippen molar-refractivity contribution in [2.75, 3.05) is 13.6 Å². The van der Waals surface area contributed by atoms with E-state index in [1.54, 1.807) is 11.9 Å². The maximum absolute atomic E-state index is 12.4. The van der Waals surface area contributed by atoms with Crippen LogP contribution in [0.2, 0.25) is 0 Å². The molecule has 0 aliphatic heterocycles. The molecule has 4 nitrogen and oxygen atoms in total. The first-order chi connectivity index (χ1) is 10.2. The van der Waals surface area contributed by atoms with Crippen LogP contribution in [0.15, 0.2) is 29.2 Å². The maximum Gasteiger partial charge on any atom is 0.341 e. The fourth-order valence-corrected chi connectivity index (χ4v) is 2.63. The number of hydrogen-bond acceptors (Lipinski definition) is 3. The molecule has 0 radical (unpaired) electrons. The zero-order valence-electron chi connectivity index (χ0n) is 12.9. The van der Waals surface area contributed by atoms with Gasteiger partial charge < -0.3 is 4.90 Å². The van der Waals surface area contributed by atoms with Crippen LogP contribution in [0.1, 0.15) is 25.8 Å². The van der Waals surface area contributed by atoms with Gasteiger partial charge in [0.25, 0.3) is 0 Å².